The van der Waals surface area contributed by atoms with E-state index in [0.29, 0.717) is 30.1 Å². The van der Waals surface area contributed by atoms with Gasteiger partial charge in [-0.2, -0.15) is 0 Å². The van der Waals surface area contributed by atoms with Gasteiger partial charge in [0.05, 0.1) is 0 Å². The number of aliphatic imine (C=N–C) groups is 1. The van der Waals surface area contributed by atoms with Gasteiger partial charge in [-0.15, -0.1) is 24.0 Å². The van der Waals surface area contributed by atoms with E-state index >= 15 is 0 Å². The number of rotatable bonds is 5. The third-order valence-corrected chi connectivity index (χ3v) is 4.98. The topological polar surface area (TPSA) is 60.0 Å². The number of nitrogens with one attached hydrogen (secondary N) is 2. The van der Waals surface area contributed by atoms with Gasteiger partial charge in [0, 0.05) is 58.4 Å². The van der Waals surface area contributed by atoms with Crippen molar-refractivity contribution < 1.29 is 4.79 Å². The van der Waals surface area contributed by atoms with Gasteiger partial charge in [0.25, 0.3) is 5.91 Å². The van der Waals surface area contributed by atoms with E-state index < -0.39 is 0 Å². The number of nitrogens with zero attached hydrogens (tertiary/aromatic N) is 3. The number of carbonyl (C=O) groups is 1. The summed E-state index contributed by atoms with van der Waals surface area (Å²) in [7, 11) is 5.32. The molecule has 1 aromatic carbocycles. The highest BCUT2D eigenvalue weighted by Gasteiger charge is 2.31. The maximum absolute atomic E-state index is 11.9. The maximum atomic E-state index is 11.9. The van der Waals surface area contributed by atoms with Crippen LogP contribution >= 0.6 is 24.0 Å². The molecule has 1 fully saturated rings. The van der Waals surface area contributed by atoms with Crippen molar-refractivity contribution in [2.45, 2.75) is 39.4 Å². The number of carbonyl (C=O) groups excluding carboxylic acids is 1. The average Bonchev–Trinajstić information content (AvgIpc) is 2.99. The highest BCUT2D eigenvalue weighted by atomic mass is 127. The van der Waals surface area contributed by atoms with Crippen molar-refractivity contribution in [3.63, 3.8) is 0 Å². The third-order valence-electron chi connectivity index (χ3n) is 4.98. The standard InChI is InChI=1S/C20H33N5O.HI/c1-14(2)25-12-15(3)18(13-25)23-20(21-4)22-11-16-7-9-17(10-8-16)19(26)24(5)6;/h7-10,14-15,18H,11-13H2,1-6H3,(H2,21,22,23);1H. The molecule has 0 spiro atoms. The molecule has 2 atom stereocenters. The van der Waals surface area contributed by atoms with Crippen LogP contribution in [0.4, 0.5) is 0 Å². The van der Waals surface area contributed by atoms with Crippen molar-refractivity contribution in [2.24, 2.45) is 10.9 Å². The van der Waals surface area contributed by atoms with E-state index in [1.54, 1.807) is 26.0 Å². The van der Waals surface area contributed by atoms with Crippen LogP contribution in [0.1, 0.15) is 36.7 Å². The smallest absolute Gasteiger partial charge is 0.253 e. The molecule has 1 aliphatic heterocycles. The second-order valence-corrected chi connectivity index (χ2v) is 7.60. The van der Waals surface area contributed by atoms with E-state index in [9.17, 15) is 4.79 Å². The molecule has 2 N–H and O–H groups in total. The summed E-state index contributed by atoms with van der Waals surface area (Å²) >= 11 is 0. The molecule has 2 unspecified atom stereocenters. The molecule has 152 valence electrons. The molecule has 1 saturated heterocycles. The first-order valence-electron chi connectivity index (χ1n) is 9.33. The first kappa shape index (κ1) is 23.7. The maximum Gasteiger partial charge on any atom is 0.253 e. The van der Waals surface area contributed by atoms with Gasteiger partial charge in [-0.25, -0.2) is 0 Å². The lowest BCUT2D eigenvalue weighted by Gasteiger charge is -2.22. The summed E-state index contributed by atoms with van der Waals surface area (Å²) in [6, 6.07) is 8.68. The zero-order chi connectivity index (χ0) is 19.3. The number of likely N-dealkylation sites (tertiary alicyclic amines) is 1. The summed E-state index contributed by atoms with van der Waals surface area (Å²) < 4.78 is 0. The van der Waals surface area contributed by atoms with Gasteiger partial charge in [0.2, 0.25) is 0 Å². The van der Waals surface area contributed by atoms with Gasteiger partial charge in [-0.05, 0) is 37.5 Å². The Labute approximate surface area is 180 Å². The minimum atomic E-state index is 0. The second kappa shape index (κ2) is 10.8. The Balaban J connectivity index is 0.00000364. The predicted octanol–water partition coefficient (Wildman–Crippen LogP) is 2.40. The molecular weight excluding hydrogens is 453 g/mol. The fourth-order valence-corrected chi connectivity index (χ4v) is 3.19. The Kier molecular flexibility index (Phi) is 9.52. The van der Waals surface area contributed by atoms with E-state index in [1.807, 2.05) is 24.3 Å². The van der Waals surface area contributed by atoms with Crippen molar-refractivity contribution >= 4 is 35.8 Å². The molecule has 0 bridgehead atoms. The van der Waals surface area contributed by atoms with E-state index in [-0.39, 0.29) is 29.9 Å². The molecule has 0 aliphatic carbocycles. The van der Waals surface area contributed by atoms with Crippen LogP contribution in [0.2, 0.25) is 0 Å². The number of halogens is 1. The Bertz CT molecular complexity index is 630. The monoisotopic (exact) mass is 487 g/mol. The van der Waals surface area contributed by atoms with Gasteiger partial charge < -0.3 is 15.5 Å². The van der Waals surface area contributed by atoms with Crippen molar-refractivity contribution in [3.05, 3.63) is 35.4 Å². The normalized spacial score (nSPS) is 20.3. The molecule has 2 rings (SSSR count). The minimum absolute atomic E-state index is 0. The van der Waals surface area contributed by atoms with Gasteiger partial charge in [0.1, 0.15) is 0 Å². The minimum Gasteiger partial charge on any atom is -0.352 e. The zero-order valence-electron chi connectivity index (χ0n) is 17.3. The second-order valence-electron chi connectivity index (χ2n) is 7.60. The Morgan fingerprint density at radius 2 is 1.89 bits per heavy atom. The molecule has 0 aromatic heterocycles. The van der Waals surface area contributed by atoms with Crippen molar-refractivity contribution in [2.75, 3.05) is 34.2 Å². The summed E-state index contributed by atoms with van der Waals surface area (Å²) in [6.45, 7) is 9.60. The van der Waals surface area contributed by atoms with Gasteiger partial charge >= 0.3 is 0 Å². The summed E-state index contributed by atoms with van der Waals surface area (Å²) in [5, 5.41) is 6.93. The van der Waals surface area contributed by atoms with Crippen molar-refractivity contribution in [1.29, 1.82) is 0 Å². The third kappa shape index (κ3) is 6.64. The molecule has 1 heterocycles. The lowest BCUT2D eigenvalue weighted by molar-refractivity contribution is 0.0827. The zero-order valence-corrected chi connectivity index (χ0v) is 19.7. The molecular formula is C20H34IN5O. The summed E-state index contributed by atoms with van der Waals surface area (Å²) in [4.78, 5) is 20.4. The van der Waals surface area contributed by atoms with E-state index in [1.165, 1.54) is 0 Å². The van der Waals surface area contributed by atoms with Crippen LogP contribution in [-0.4, -0.2) is 68.0 Å². The summed E-state index contributed by atoms with van der Waals surface area (Å²) in [5.74, 6) is 1.43. The number of hydrogen-bond donors (Lipinski definition) is 2. The number of benzene rings is 1. The summed E-state index contributed by atoms with van der Waals surface area (Å²) in [5.41, 5.74) is 1.82. The Hall–Kier alpha value is -1.35. The van der Waals surface area contributed by atoms with Crippen LogP contribution in [0.25, 0.3) is 0 Å². The SMILES string of the molecule is CN=C(NCc1ccc(C(=O)N(C)C)cc1)NC1CN(C(C)C)CC1C.I. The lowest BCUT2D eigenvalue weighted by Crippen LogP contribution is -2.46. The molecule has 7 heteroatoms. The molecule has 1 aromatic rings. The fourth-order valence-electron chi connectivity index (χ4n) is 3.19. The van der Waals surface area contributed by atoms with Crippen LogP contribution in [0, 0.1) is 5.92 Å². The van der Waals surface area contributed by atoms with E-state index in [4.69, 9.17) is 0 Å². The van der Waals surface area contributed by atoms with Gasteiger partial charge in [-0.1, -0.05) is 19.1 Å². The van der Waals surface area contributed by atoms with Crippen molar-refractivity contribution in [1.82, 2.24) is 20.4 Å². The van der Waals surface area contributed by atoms with Crippen molar-refractivity contribution in [3.8, 4) is 0 Å². The molecule has 6 nitrogen and oxygen atoms in total. The first-order chi connectivity index (χ1) is 12.3. The number of guanidine groups is 1. The van der Waals surface area contributed by atoms with E-state index in [0.717, 1.165) is 24.6 Å². The quantitative estimate of drug-likeness (QED) is 0.381. The highest BCUT2D eigenvalue weighted by Crippen LogP contribution is 2.18. The lowest BCUT2D eigenvalue weighted by atomic mass is 10.1. The Morgan fingerprint density at radius 3 is 2.37 bits per heavy atom. The largest absolute Gasteiger partial charge is 0.352 e. The van der Waals surface area contributed by atoms with Crippen LogP contribution in [-0.2, 0) is 6.54 Å². The van der Waals surface area contributed by atoms with Crippen LogP contribution < -0.4 is 10.6 Å². The molecule has 0 saturated carbocycles. The van der Waals surface area contributed by atoms with Crippen LogP contribution in [0.5, 0.6) is 0 Å². The number of hydrogen-bond acceptors (Lipinski definition) is 3. The number of amides is 1. The fraction of sp³-hybridized carbons (Fsp3) is 0.600. The highest BCUT2D eigenvalue weighted by molar-refractivity contribution is 14.0. The Morgan fingerprint density at radius 1 is 1.26 bits per heavy atom. The van der Waals surface area contributed by atoms with Gasteiger partial charge in [0.15, 0.2) is 5.96 Å². The molecule has 27 heavy (non-hydrogen) atoms. The molecule has 1 amide bonds. The van der Waals surface area contributed by atoms with E-state index in [2.05, 4.69) is 41.3 Å². The van der Waals surface area contributed by atoms with Crippen LogP contribution in [0.3, 0.4) is 0 Å². The summed E-state index contributed by atoms with van der Waals surface area (Å²) in [6.07, 6.45) is 0. The molecule has 0 radical (unpaired) electrons. The predicted molar refractivity (Wildman–Crippen MR) is 123 cm³/mol. The first-order valence-corrected chi connectivity index (χ1v) is 9.33. The molecule has 1 aliphatic rings. The van der Waals surface area contributed by atoms with Crippen LogP contribution in [0.15, 0.2) is 29.3 Å². The van der Waals surface area contributed by atoms with Gasteiger partial charge in [-0.3, -0.25) is 14.7 Å². The average molecular weight is 487 g/mol.